The summed E-state index contributed by atoms with van der Waals surface area (Å²) in [6, 6.07) is 81.1. The minimum Gasteiger partial charge on any atom is -0.374 e. The molecule has 0 spiro atoms. The largest absolute Gasteiger partial charge is 0.374 e. The third kappa shape index (κ3) is 6.96. The first-order valence-electron chi connectivity index (χ1n) is 23.2. The normalized spacial score (nSPS) is 13.9. The number of hydrogen-bond acceptors (Lipinski definition) is 1. The zero-order valence-corrected chi connectivity index (χ0v) is 36.6. The van der Waals surface area contributed by atoms with Crippen LogP contribution in [0.15, 0.2) is 224 Å². The van der Waals surface area contributed by atoms with Crippen molar-refractivity contribution in [2.45, 2.75) is 37.6 Å². The van der Waals surface area contributed by atoms with Gasteiger partial charge in [0.2, 0.25) is 0 Å². The number of rotatable bonds is 9. The highest BCUT2D eigenvalue weighted by Gasteiger charge is 2.25. The van der Waals surface area contributed by atoms with E-state index in [-0.39, 0.29) is 17.9 Å². The molecule has 0 amide bonds. The van der Waals surface area contributed by atoms with E-state index in [2.05, 4.69) is 243 Å². The number of benzene rings is 11. The number of aryl methyl sites for hydroxylation is 1. The molecule has 1 nitrogen and oxygen atoms in total. The van der Waals surface area contributed by atoms with Gasteiger partial charge in [-0.25, -0.2) is 0 Å². The van der Waals surface area contributed by atoms with E-state index >= 15 is 0 Å². The highest BCUT2D eigenvalue weighted by atomic mass is 14.9. The SMILES string of the molecule is CC(c1ccc(-c2ccc(NC(c3ccccc3)c3ccc4c5ccccc5c5ccccc5c4c3)cc2)cc1)C(c1ccccc1)c1ccc2c(c1)c1c(c3ccccc32)CCC=C1. The van der Waals surface area contributed by atoms with Crippen molar-refractivity contribution in [2.75, 3.05) is 5.32 Å². The van der Waals surface area contributed by atoms with Crippen molar-refractivity contribution in [3.63, 3.8) is 0 Å². The minimum atomic E-state index is -0.0288. The van der Waals surface area contributed by atoms with Crippen LogP contribution >= 0.6 is 0 Å². The second-order valence-electron chi connectivity index (χ2n) is 17.9. The predicted molar refractivity (Wildman–Crippen MR) is 278 cm³/mol. The molecule has 0 radical (unpaired) electrons. The summed E-state index contributed by atoms with van der Waals surface area (Å²) in [4.78, 5) is 0. The molecule has 0 aromatic heterocycles. The Kier molecular flexibility index (Phi) is 9.83. The van der Waals surface area contributed by atoms with Crippen LogP contribution in [-0.2, 0) is 6.42 Å². The fourth-order valence-corrected chi connectivity index (χ4v) is 11.0. The molecule has 0 aliphatic heterocycles. The van der Waals surface area contributed by atoms with Gasteiger partial charge in [-0.1, -0.05) is 213 Å². The molecule has 12 rings (SSSR count). The second-order valence-corrected chi connectivity index (χ2v) is 17.9. The van der Waals surface area contributed by atoms with Crippen LogP contribution in [0.3, 0.4) is 0 Å². The molecular formula is C64H49N. The van der Waals surface area contributed by atoms with Gasteiger partial charge in [0.15, 0.2) is 0 Å². The van der Waals surface area contributed by atoms with Crippen LogP contribution < -0.4 is 5.32 Å². The van der Waals surface area contributed by atoms with Gasteiger partial charge in [-0.3, -0.25) is 0 Å². The zero-order chi connectivity index (χ0) is 43.3. The molecule has 310 valence electrons. The summed E-state index contributed by atoms with van der Waals surface area (Å²) >= 11 is 0. The van der Waals surface area contributed by atoms with Crippen LogP contribution in [0.4, 0.5) is 5.69 Å². The average molecular weight is 832 g/mol. The van der Waals surface area contributed by atoms with Crippen molar-refractivity contribution in [1.29, 1.82) is 0 Å². The van der Waals surface area contributed by atoms with Crippen molar-refractivity contribution in [1.82, 2.24) is 0 Å². The van der Waals surface area contributed by atoms with Crippen molar-refractivity contribution < 1.29 is 0 Å². The van der Waals surface area contributed by atoms with E-state index in [1.807, 2.05) is 0 Å². The maximum atomic E-state index is 3.94. The number of fused-ring (bicyclic) bond motifs is 12. The van der Waals surface area contributed by atoms with Crippen LogP contribution in [0.25, 0.3) is 71.1 Å². The Labute approximate surface area is 381 Å². The van der Waals surface area contributed by atoms with Gasteiger partial charge in [0.1, 0.15) is 0 Å². The highest BCUT2D eigenvalue weighted by Crippen LogP contribution is 2.44. The summed E-state index contributed by atoms with van der Waals surface area (Å²) in [5, 5.41) is 17.1. The molecule has 0 saturated heterocycles. The first kappa shape index (κ1) is 38.9. The lowest BCUT2D eigenvalue weighted by Crippen LogP contribution is -2.12. The van der Waals surface area contributed by atoms with E-state index in [0.717, 1.165) is 18.5 Å². The lowest BCUT2D eigenvalue weighted by molar-refractivity contribution is 0.658. The number of nitrogens with one attached hydrogen (secondary N) is 1. The monoisotopic (exact) mass is 831 g/mol. The summed E-state index contributed by atoms with van der Waals surface area (Å²) in [6.45, 7) is 2.40. The summed E-state index contributed by atoms with van der Waals surface area (Å²) < 4.78 is 0. The van der Waals surface area contributed by atoms with Gasteiger partial charge in [-0.15, -0.1) is 0 Å². The van der Waals surface area contributed by atoms with E-state index in [0.29, 0.717) is 0 Å². The minimum absolute atomic E-state index is 0.0288. The average Bonchev–Trinajstić information content (AvgIpc) is 3.39. The van der Waals surface area contributed by atoms with Crippen LogP contribution in [0, 0.1) is 0 Å². The molecule has 0 saturated carbocycles. The van der Waals surface area contributed by atoms with Crippen molar-refractivity contribution in [3.8, 4) is 11.1 Å². The van der Waals surface area contributed by atoms with Crippen LogP contribution in [0.5, 0.6) is 0 Å². The molecular weight excluding hydrogens is 783 g/mol. The molecule has 11 aromatic carbocycles. The van der Waals surface area contributed by atoms with Crippen LogP contribution in [0.2, 0.25) is 0 Å². The molecule has 3 atom stereocenters. The van der Waals surface area contributed by atoms with Gasteiger partial charge < -0.3 is 5.32 Å². The van der Waals surface area contributed by atoms with E-state index in [1.165, 1.54) is 104 Å². The molecule has 0 heterocycles. The highest BCUT2D eigenvalue weighted by molar-refractivity contribution is 6.25. The third-order valence-corrected chi connectivity index (χ3v) is 14.3. The van der Waals surface area contributed by atoms with Gasteiger partial charge in [0.25, 0.3) is 0 Å². The smallest absolute Gasteiger partial charge is 0.0767 e. The number of allylic oxidation sites excluding steroid dienone is 1. The Morgan fingerprint density at radius 3 is 1.46 bits per heavy atom. The molecule has 1 aliphatic rings. The molecule has 1 N–H and O–H groups in total. The van der Waals surface area contributed by atoms with Crippen LogP contribution in [-0.4, -0.2) is 0 Å². The maximum Gasteiger partial charge on any atom is 0.0767 e. The molecule has 65 heavy (non-hydrogen) atoms. The number of hydrogen-bond donors (Lipinski definition) is 1. The van der Waals surface area contributed by atoms with E-state index in [4.69, 9.17) is 0 Å². The lowest BCUT2D eigenvalue weighted by Gasteiger charge is -2.27. The quantitative estimate of drug-likeness (QED) is 0.143. The molecule has 3 unspecified atom stereocenters. The van der Waals surface area contributed by atoms with Crippen LogP contribution in [0.1, 0.15) is 70.2 Å². The maximum absolute atomic E-state index is 3.94. The van der Waals surface area contributed by atoms with Crippen molar-refractivity contribution in [3.05, 3.63) is 263 Å². The van der Waals surface area contributed by atoms with Gasteiger partial charge in [-0.2, -0.15) is 0 Å². The fourth-order valence-electron chi connectivity index (χ4n) is 11.0. The molecule has 11 aromatic rings. The summed E-state index contributed by atoms with van der Waals surface area (Å²) in [6.07, 6.45) is 6.91. The third-order valence-electron chi connectivity index (χ3n) is 14.3. The first-order valence-corrected chi connectivity index (χ1v) is 23.2. The fraction of sp³-hybridized carbons (Fsp3) is 0.0938. The summed E-state index contributed by atoms with van der Waals surface area (Å²) in [5.41, 5.74) is 12.9. The lowest BCUT2D eigenvalue weighted by atomic mass is 9.77. The van der Waals surface area contributed by atoms with Gasteiger partial charge in [0.05, 0.1) is 6.04 Å². The second kappa shape index (κ2) is 16.4. The summed E-state index contributed by atoms with van der Waals surface area (Å²) in [7, 11) is 0. The van der Waals surface area contributed by atoms with E-state index < -0.39 is 0 Å². The zero-order valence-electron chi connectivity index (χ0n) is 36.6. The Balaban J connectivity index is 0.849. The van der Waals surface area contributed by atoms with Crippen molar-refractivity contribution in [2.24, 2.45) is 0 Å². The topological polar surface area (TPSA) is 12.0 Å². The van der Waals surface area contributed by atoms with E-state index in [1.54, 1.807) is 0 Å². The first-order chi connectivity index (χ1) is 32.2. The Hall–Kier alpha value is -7.74. The predicted octanol–water partition coefficient (Wildman–Crippen LogP) is 17.2. The van der Waals surface area contributed by atoms with E-state index in [9.17, 15) is 0 Å². The number of anilines is 1. The van der Waals surface area contributed by atoms with Gasteiger partial charge in [0, 0.05) is 11.6 Å². The summed E-state index contributed by atoms with van der Waals surface area (Å²) in [5.74, 6) is 0.453. The molecule has 1 aliphatic carbocycles. The van der Waals surface area contributed by atoms with Gasteiger partial charge >= 0.3 is 0 Å². The molecule has 0 fully saturated rings. The molecule has 0 bridgehead atoms. The Morgan fingerprint density at radius 1 is 0.369 bits per heavy atom. The molecule has 1 heteroatoms. The standard InChI is InChI=1S/C64H49N/c1-42(63(46-16-4-2-5-17-46)48-34-38-59-55-24-10-8-20-51(55)53-22-12-14-26-57(53)61(59)40-48)43-28-30-44(31-29-43)45-32-36-50(37-33-45)65-64(47-18-6-3-7-19-47)49-35-39-60-56-25-11-9-21-52(56)54-23-13-15-27-58(54)62(60)41-49/h2-11,13-21,23-42,63-65H,12,22H2,1H3. The Bertz CT molecular complexity index is 3530. The Morgan fingerprint density at radius 2 is 0.831 bits per heavy atom. The van der Waals surface area contributed by atoms with Crippen molar-refractivity contribution >= 4 is 65.6 Å². The van der Waals surface area contributed by atoms with Gasteiger partial charge in [-0.05, 0) is 147 Å².